The highest BCUT2D eigenvalue weighted by atomic mass is 32.2. The van der Waals surface area contributed by atoms with Crippen LogP contribution in [0, 0.1) is 0 Å². The second-order valence-corrected chi connectivity index (χ2v) is 6.22. The normalized spacial score (nSPS) is 16.6. The van der Waals surface area contributed by atoms with Gasteiger partial charge in [0.2, 0.25) is 0 Å². The molecule has 1 saturated heterocycles. The first-order chi connectivity index (χ1) is 10.7. The summed E-state index contributed by atoms with van der Waals surface area (Å²) in [4.78, 5) is 17.9. The van der Waals surface area contributed by atoms with Gasteiger partial charge < -0.3 is 9.72 Å². The summed E-state index contributed by atoms with van der Waals surface area (Å²) < 4.78 is 6.11. The molecule has 1 aliphatic rings. The largest absolute Gasteiger partial charge is 0.492 e. The Labute approximate surface area is 138 Å². The fraction of sp³-hybridized carbons (Fsp3) is 0.125. The van der Waals surface area contributed by atoms with Crippen LogP contribution in [0.25, 0.3) is 6.08 Å². The molecule has 2 heterocycles. The minimum Gasteiger partial charge on any atom is -0.492 e. The molecule has 112 valence electrons. The second-order valence-electron chi connectivity index (χ2n) is 4.54. The van der Waals surface area contributed by atoms with Crippen LogP contribution < -0.4 is 9.64 Å². The Bertz CT molecular complexity index is 738. The molecule has 1 N–H and O–H groups in total. The number of aromatic amines is 1. The topological polar surface area (TPSA) is 45.3 Å². The third-order valence-electron chi connectivity index (χ3n) is 3.11. The van der Waals surface area contributed by atoms with Crippen molar-refractivity contribution in [2.24, 2.45) is 0 Å². The van der Waals surface area contributed by atoms with Gasteiger partial charge in [-0.15, -0.1) is 0 Å². The number of carbonyl (C=O) groups is 1. The minimum atomic E-state index is -0.128. The van der Waals surface area contributed by atoms with E-state index in [9.17, 15) is 4.79 Å². The van der Waals surface area contributed by atoms with Crippen LogP contribution in [0.5, 0.6) is 5.75 Å². The number of H-pyrrole nitrogens is 1. The molecular weight excluding hydrogens is 316 g/mol. The molecule has 22 heavy (non-hydrogen) atoms. The molecule has 0 radical (unpaired) electrons. The summed E-state index contributed by atoms with van der Waals surface area (Å²) in [5.41, 5.74) is 1.56. The zero-order chi connectivity index (χ0) is 15.5. The standard InChI is InChI=1S/C16H14N2O2S2/c1-2-20-13-8-4-3-7-12(13)18-15(19)14(22-16(18)21)10-11-6-5-9-17-11/h3-10,17H,2H2,1H3/b14-10-. The third kappa shape index (κ3) is 2.80. The summed E-state index contributed by atoms with van der Waals surface area (Å²) in [7, 11) is 0. The van der Waals surface area contributed by atoms with E-state index in [1.54, 1.807) is 0 Å². The number of benzene rings is 1. The minimum absolute atomic E-state index is 0.128. The number of nitrogens with one attached hydrogen (secondary N) is 1. The fourth-order valence-electron chi connectivity index (χ4n) is 2.17. The van der Waals surface area contributed by atoms with Crippen molar-refractivity contribution >= 4 is 46.0 Å². The molecule has 4 nitrogen and oxygen atoms in total. The van der Waals surface area contributed by atoms with Crippen LogP contribution in [-0.4, -0.2) is 21.8 Å². The van der Waals surface area contributed by atoms with Crippen LogP contribution in [0.3, 0.4) is 0 Å². The maximum atomic E-state index is 12.7. The van der Waals surface area contributed by atoms with E-state index in [4.69, 9.17) is 17.0 Å². The number of amides is 1. The number of carbonyl (C=O) groups excluding carboxylic acids is 1. The number of thiocarbonyl (C=S) groups is 1. The number of para-hydroxylation sites is 2. The number of hydrogen-bond acceptors (Lipinski definition) is 4. The lowest BCUT2D eigenvalue weighted by molar-refractivity contribution is -0.113. The molecule has 1 amide bonds. The molecule has 6 heteroatoms. The van der Waals surface area contributed by atoms with Crippen molar-refractivity contribution in [2.75, 3.05) is 11.5 Å². The summed E-state index contributed by atoms with van der Waals surface area (Å²) in [5.74, 6) is 0.527. The monoisotopic (exact) mass is 330 g/mol. The maximum Gasteiger partial charge on any atom is 0.270 e. The van der Waals surface area contributed by atoms with Crippen LogP contribution in [-0.2, 0) is 4.79 Å². The number of ether oxygens (including phenoxy) is 1. The Hall–Kier alpha value is -2.05. The van der Waals surface area contributed by atoms with Gasteiger partial charge in [-0.1, -0.05) is 36.1 Å². The van der Waals surface area contributed by atoms with Gasteiger partial charge in [0.25, 0.3) is 5.91 Å². The Morgan fingerprint density at radius 2 is 2.14 bits per heavy atom. The smallest absolute Gasteiger partial charge is 0.270 e. The van der Waals surface area contributed by atoms with E-state index in [0.717, 1.165) is 5.69 Å². The Balaban J connectivity index is 1.96. The van der Waals surface area contributed by atoms with Gasteiger partial charge in [0.15, 0.2) is 4.32 Å². The molecule has 0 bridgehead atoms. The van der Waals surface area contributed by atoms with Gasteiger partial charge >= 0.3 is 0 Å². The fourth-order valence-corrected chi connectivity index (χ4v) is 3.45. The first-order valence-electron chi connectivity index (χ1n) is 6.84. The van der Waals surface area contributed by atoms with Crippen LogP contribution >= 0.6 is 24.0 Å². The molecule has 0 atom stereocenters. The molecular formula is C16H14N2O2S2. The van der Waals surface area contributed by atoms with E-state index in [1.807, 2.05) is 55.6 Å². The first-order valence-corrected chi connectivity index (χ1v) is 8.06. The van der Waals surface area contributed by atoms with E-state index >= 15 is 0 Å². The highest BCUT2D eigenvalue weighted by molar-refractivity contribution is 8.27. The Kier molecular flexibility index (Phi) is 4.31. The predicted molar refractivity (Wildman–Crippen MR) is 94.1 cm³/mol. The SMILES string of the molecule is CCOc1ccccc1N1C(=O)/C(=C/c2ccc[nH]2)SC1=S. The summed E-state index contributed by atoms with van der Waals surface area (Å²) in [6, 6.07) is 11.2. The van der Waals surface area contributed by atoms with Crippen LogP contribution in [0.1, 0.15) is 12.6 Å². The Morgan fingerprint density at radius 1 is 1.32 bits per heavy atom. The summed E-state index contributed by atoms with van der Waals surface area (Å²) >= 11 is 6.67. The molecule has 1 aromatic carbocycles. The molecule has 3 rings (SSSR count). The number of anilines is 1. The van der Waals surface area contributed by atoms with Crippen molar-refractivity contribution in [2.45, 2.75) is 6.92 Å². The zero-order valence-electron chi connectivity index (χ0n) is 11.9. The molecule has 0 spiro atoms. The summed E-state index contributed by atoms with van der Waals surface area (Å²) in [6.45, 7) is 2.44. The average Bonchev–Trinajstić information content (AvgIpc) is 3.10. The van der Waals surface area contributed by atoms with E-state index in [2.05, 4.69) is 4.98 Å². The molecule has 1 fully saturated rings. The first kappa shape index (κ1) is 14.9. The van der Waals surface area contributed by atoms with E-state index in [0.29, 0.717) is 27.3 Å². The lowest BCUT2D eigenvalue weighted by Crippen LogP contribution is -2.28. The van der Waals surface area contributed by atoms with Crippen LogP contribution in [0.4, 0.5) is 5.69 Å². The van der Waals surface area contributed by atoms with Crippen molar-refractivity contribution in [3.8, 4) is 5.75 Å². The maximum absolute atomic E-state index is 12.7. The Morgan fingerprint density at radius 3 is 2.86 bits per heavy atom. The van der Waals surface area contributed by atoms with Gasteiger partial charge in [-0.05, 0) is 37.3 Å². The second kappa shape index (κ2) is 6.37. The number of thioether (sulfide) groups is 1. The van der Waals surface area contributed by atoms with Gasteiger partial charge in [-0.3, -0.25) is 9.69 Å². The lowest BCUT2D eigenvalue weighted by atomic mass is 10.2. The van der Waals surface area contributed by atoms with Gasteiger partial charge in [0.1, 0.15) is 5.75 Å². The molecule has 0 unspecified atom stereocenters. The van der Waals surface area contributed by atoms with Crippen molar-refractivity contribution in [1.82, 2.24) is 4.98 Å². The number of nitrogens with zero attached hydrogens (tertiary/aromatic N) is 1. The highest BCUT2D eigenvalue weighted by Gasteiger charge is 2.34. The van der Waals surface area contributed by atoms with E-state index < -0.39 is 0 Å². The number of aromatic nitrogens is 1. The lowest BCUT2D eigenvalue weighted by Gasteiger charge is -2.18. The summed E-state index contributed by atoms with van der Waals surface area (Å²) in [5, 5.41) is 0. The van der Waals surface area contributed by atoms with Gasteiger partial charge in [-0.25, -0.2) is 0 Å². The van der Waals surface area contributed by atoms with Crippen LogP contribution in [0.2, 0.25) is 0 Å². The molecule has 1 aliphatic heterocycles. The molecule has 1 aromatic heterocycles. The van der Waals surface area contributed by atoms with Gasteiger partial charge in [0.05, 0.1) is 17.2 Å². The molecule has 0 aliphatic carbocycles. The third-order valence-corrected chi connectivity index (χ3v) is 4.41. The predicted octanol–water partition coefficient (Wildman–Crippen LogP) is 3.82. The van der Waals surface area contributed by atoms with Gasteiger partial charge in [0, 0.05) is 11.9 Å². The summed E-state index contributed by atoms with van der Waals surface area (Å²) in [6.07, 6.45) is 3.62. The zero-order valence-corrected chi connectivity index (χ0v) is 13.5. The van der Waals surface area contributed by atoms with E-state index in [1.165, 1.54) is 16.7 Å². The van der Waals surface area contributed by atoms with Crippen molar-refractivity contribution < 1.29 is 9.53 Å². The molecule has 0 saturated carbocycles. The highest BCUT2D eigenvalue weighted by Crippen LogP contribution is 2.39. The van der Waals surface area contributed by atoms with Crippen molar-refractivity contribution in [1.29, 1.82) is 0 Å². The van der Waals surface area contributed by atoms with E-state index in [-0.39, 0.29) is 5.91 Å². The number of rotatable bonds is 4. The van der Waals surface area contributed by atoms with Gasteiger partial charge in [-0.2, -0.15) is 0 Å². The molecule has 2 aromatic rings. The average molecular weight is 330 g/mol. The quantitative estimate of drug-likeness (QED) is 0.684. The number of hydrogen-bond donors (Lipinski definition) is 1. The van der Waals surface area contributed by atoms with Crippen molar-refractivity contribution in [3.63, 3.8) is 0 Å². The van der Waals surface area contributed by atoms with Crippen LogP contribution in [0.15, 0.2) is 47.5 Å². The van der Waals surface area contributed by atoms with Crippen molar-refractivity contribution in [3.05, 3.63) is 53.2 Å².